The van der Waals surface area contributed by atoms with Gasteiger partial charge in [-0.25, -0.2) is 4.98 Å². The Morgan fingerprint density at radius 3 is 2.59 bits per heavy atom. The van der Waals surface area contributed by atoms with Crippen molar-refractivity contribution in [1.82, 2.24) is 4.98 Å². The van der Waals surface area contributed by atoms with Crippen molar-refractivity contribution in [2.45, 2.75) is 45.8 Å². The lowest BCUT2D eigenvalue weighted by Gasteiger charge is -2.31. The largest absolute Gasteiger partial charge is 0.474 e. The molecule has 17 heavy (non-hydrogen) atoms. The van der Waals surface area contributed by atoms with E-state index in [1.54, 1.807) is 6.07 Å². The Morgan fingerprint density at radius 1 is 1.24 bits per heavy atom. The smallest absolute Gasteiger partial charge is 0.213 e. The molecule has 1 saturated carbocycles. The molecule has 0 saturated heterocycles. The molecule has 3 nitrogen and oxygen atoms in total. The van der Waals surface area contributed by atoms with Gasteiger partial charge in [0.05, 0.1) is 12.3 Å². The second kappa shape index (κ2) is 5.50. The monoisotopic (exact) mass is 235 g/mol. The van der Waals surface area contributed by atoms with Crippen molar-refractivity contribution < 1.29 is 9.84 Å². The molecule has 2 atom stereocenters. The van der Waals surface area contributed by atoms with Gasteiger partial charge in [-0.3, -0.25) is 0 Å². The summed E-state index contributed by atoms with van der Waals surface area (Å²) >= 11 is 0. The van der Waals surface area contributed by atoms with E-state index in [2.05, 4.69) is 18.8 Å². The summed E-state index contributed by atoms with van der Waals surface area (Å²) < 4.78 is 5.92. The second-order valence-corrected chi connectivity index (χ2v) is 5.28. The van der Waals surface area contributed by atoms with Gasteiger partial charge < -0.3 is 9.84 Å². The average molecular weight is 235 g/mol. The summed E-state index contributed by atoms with van der Waals surface area (Å²) in [5.41, 5.74) is 0.666. The SMILES string of the molecule is CC1CC(C)CC(Oc2cccc(CO)n2)C1. The maximum atomic E-state index is 9.03. The average Bonchev–Trinajstić information content (AvgIpc) is 2.28. The fourth-order valence-electron chi connectivity index (χ4n) is 2.75. The fourth-order valence-corrected chi connectivity index (χ4v) is 2.75. The highest BCUT2D eigenvalue weighted by atomic mass is 16.5. The van der Waals surface area contributed by atoms with Crippen molar-refractivity contribution in [2.24, 2.45) is 11.8 Å². The van der Waals surface area contributed by atoms with Crippen LogP contribution in [-0.2, 0) is 6.61 Å². The van der Waals surface area contributed by atoms with Gasteiger partial charge in [0.15, 0.2) is 0 Å². The number of nitrogens with zero attached hydrogens (tertiary/aromatic N) is 1. The third-order valence-corrected chi connectivity index (χ3v) is 3.37. The normalized spacial score (nSPS) is 29.0. The molecule has 1 aliphatic rings. The predicted molar refractivity (Wildman–Crippen MR) is 66.8 cm³/mol. The van der Waals surface area contributed by atoms with Crippen LogP contribution < -0.4 is 4.74 Å². The van der Waals surface area contributed by atoms with Crippen molar-refractivity contribution in [1.29, 1.82) is 0 Å². The molecule has 3 heteroatoms. The molecule has 0 aliphatic heterocycles. The number of aliphatic hydroxyl groups excluding tert-OH is 1. The number of pyridine rings is 1. The first-order valence-corrected chi connectivity index (χ1v) is 6.41. The molecule has 1 aromatic rings. The molecule has 2 rings (SSSR count). The van der Waals surface area contributed by atoms with E-state index in [0.717, 1.165) is 24.7 Å². The van der Waals surface area contributed by atoms with Gasteiger partial charge in [0.25, 0.3) is 0 Å². The van der Waals surface area contributed by atoms with E-state index in [-0.39, 0.29) is 12.7 Å². The number of ether oxygens (including phenoxy) is 1. The fraction of sp³-hybridized carbons (Fsp3) is 0.643. The summed E-state index contributed by atoms with van der Waals surface area (Å²) in [4.78, 5) is 4.26. The van der Waals surface area contributed by atoms with E-state index in [4.69, 9.17) is 9.84 Å². The minimum Gasteiger partial charge on any atom is -0.474 e. The molecule has 1 aliphatic carbocycles. The lowest BCUT2D eigenvalue weighted by molar-refractivity contribution is 0.0961. The summed E-state index contributed by atoms with van der Waals surface area (Å²) in [5.74, 6) is 2.09. The molecule has 0 amide bonds. The number of hydrogen-bond acceptors (Lipinski definition) is 3. The second-order valence-electron chi connectivity index (χ2n) is 5.28. The standard InChI is InChI=1S/C14H21NO2/c1-10-6-11(2)8-13(7-10)17-14-5-3-4-12(9-16)15-14/h3-5,10-11,13,16H,6-9H2,1-2H3. The highest BCUT2D eigenvalue weighted by Crippen LogP contribution is 2.30. The Labute approximate surface area is 103 Å². The summed E-state index contributed by atoms with van der Waals surface area (Å²) in [6.45, 7) is 4.53. The van der Waals surface area contributed by atoms with Crippen LogP contribution >= 0.6 is 0 Å². The van der Waals surface area contributed by atoms with Crippen molar-refractivity contribution >= 4 is 0 Å². The highest BCUT2D eigenvalue weighted by molar-refractivity contribution is 5.15. The highest BCUT2D eigenvalue weighted by Gasteiger charge is 2.25. The zero-order valence-electron chi connectivity index (χ0n) is 10.6. The van der Waals surface area contributed by atoms with Crippen LogP contribution in [0.2, 0.25) is 0 Å². The molecule has 2 unspecified atom stereocenters. The van der Waals surface area contributed by atoms with Crippen LogP contribution in [0.5, 0.6) is 5.88 Å². The van der Waals surface area contributed by atoms with E-state index >= 15 is 0 Å². The molecule has 0 spiro atoms. The Hall–Kier alpha value is -1.09. The van der Waals surface area contributed by atoms with Gasteiger partial charge in [0, 0.05) is 6.07 Å². The zero-order chi connectivity index (χ0) is 12.3. The lowest BCUT2D eigenvalue weighted by atomic mass is 9.82. The molecule has 0 radical (unpaired) electrons. The minimum atomic E-state index is -0.0331. The van der Waals surface area contributed by atoms with E-state index in [1.807, 2.05) is 12.1 Å². The molecule has 1 heterocycles. The first-order valence-electron chi connectivity index (χ1n) is 6.41. The minimum absolute atomic E-state index is 0.0331. The molecule has 94 valence electrons. The van der Waals surface area contributed by atoms with Crippen LogP contribution in [0.3, 0.4) is 0 Å². The quantitative estimate of drug-likeness (QED) is 0.876. The lowest BCUT2D eigenvalue weighted by Crippen LogP contribution is -2.28. The zero-order valence-corrected chi connectivity index (χ0v) is 10.6. The molecule has 1 aromatic heterocycles. The summed E-state index contributed by atoms with van der Waals surface area (Å²) in [6, 6.07) is 5.55. The molecule has 1 N–H and O–H groups in total. The summed E-state index contributed by atoms with van der Waals surface area (Å²) in [5, 5.41) is 9.03. The van der Waals surface area contributed by atoms with Crippen molar-refractivity contribution in [2.75, 3.05) is 0 Å². The Morgan fingerprint density at radius 2 is 1.94 bits per heavy atom. The third-order valence-electron chi connectivity index (χ3n) is 3.37. The number of rotatable bonds is 3. The maximum absolute atomic E-state index is 9.03. The van der Waals surface area contributed by atoms with Crippen LogP contribution in [0.1, 0.15) is 38.8 Å². The molecular weight excluding hydrogens is 214 g/mol. The van der Waals surface area contributed by atoms with Crippen LogP contribution in [0.4, 0.5) is 0 Å². The maximum Gasteiger partial charge on any atom is 0.213 e. The van der Waals surface area contributed by atoms with Crippen LogP contribution in [0.15, 0.2) is 18.2 Å². The van der Waals surface area contributed by atoms with Gasteiger partial charge in [-0.2, -0.15) is 0 Å². The predicted octanol–water partition coefficient (Wildman–Crippen LogP) is 2.78. The van der Waals surface area contributed by atoms with E-state index in [9.17, 15) is 0 Å². The molecule has 1 fully saturated rings. The first-order chi connectivity index (χ1) is 8.17. The first kappa shape index (κ1) is 12.4. The number of aromatic nitrogens is 1. The Bertz CT molecular complexity index is 357. The summed E-state index contributed by atoms with van der Waals surface area (Å²) in [7, 11) is 0. The molecule has 0 bridgehead atoms. The van der Waals surface area contributed by atoms with E-state index in [1.165, 1.54) is 6.42 Å². The topological polar surface area (TPSA) is 42.4 Å². The molecule has 0 aromatic carbocycles. The van der Waals surface area contributed by atoms with Gasteiger partial charge in [0.2, 0.25) is 5.88 Å². The van der Waals surface area contributed by atoms with Crippen molar-refractivity contribution in [3.05, 3.63) is 23.9 Å². The third kappa shape index (κ3) is 3.43. The van der Waals surface area contributed by atoms with Gasteiger partial charge in [0.1, 0.15) is 6.10 Å². The summed E-state index contributed by atoms with van der Waals surface area (Å²) in [6.07, 6.45) is 3.78. The van der Waals surface area contributed by atoms with Crippen molar-refractivity contribution in [3.8, 4) is 5.88 Å². The van der Waals surface area contributed by atoms with Crippen molar-refractivity contribution in [3.63, 3.8) is 0 Å². The Kier molecular flexibility index (Phi) is 4.00. The van der Waals surface area contributed by atoms with Crippen LogP contribution in [0, 0.1) is 11.8 Å². The number of hydrogen-bond donors (Lipinski definition) is 1. The van der Waals surface area contributed by atoms with E-state index in [0.29, 0.717) is 11.6 Å². The van der Waals surface area contributed by atoms with Gasteiger partial charge >= 0.3 is 0 Å². The molecular formula is C14H21NO2. The van der Waals surface area contributed by atoms with E-state index < -0.39 is 0 Å². The Balaban J connectivity index is 1.99. The van der Waals surface area contributed by atoms with Crippen LogP contribution in [-0.4, -0.2) is 16.2 Å². The van der Waals surface area contributed by atoms with Crippen LogP contribution in [0.25, 0.3) is 0 Å². The number of aliphatic hydroxyl groups is 1. The van der Waals surface area contributed by atoms with Gasteiger partial charge in [-0.15, -0.1) is 0 Å². The van der Waals surface area contributed by atoms with Gasteiger partial charge in [-0.1, -0.05) is 19.9 Å². The van der Waals surface area contributed by atoms with Gasteiger partial charge in [-0.05, 0) is 37.2 Å².